The van der Waals surface area contributed by atoms with Gasteiger partial charge in [0.1, 0.15) is 0 Å². The molecule has 3 rings (SSSR count). The molecular weight excluding hydrogens is 284 g/mol. The molecule has 2 saturated heterocycles. The molecule has 0 spiro atoms. The van der Waals surface area contributed by atoms with Crippen LogP contribution in [0.4, 0.5) is 0 Å². The second-order valence-electron chi connectivity index (χ2n) is 6.01. The van der Waals surface area contributed by atoms with Crippen molar-refractivity contribution >= 4 is 17.2 Å². The van der Waals surface area contributed by atoms with Crippen molar-refractivity contribution in [2.75, 3.05) is 39.4 Å². The Balaban J connectivity index is 1.51. The Morgan fingerprint density at radius 3 is 2.81 bits per heavy atom. The van der Waals surface area contributed by atoms with Gasteiger partial charge in [-0.25, -0.2) is 0 Å². The first-order valence-electron chi connectivity index (χ1n) is 7.88. The largest absolute Gasteiger partial charge is 0.381 e. The van der Waals surface area contributed by atoms with E-state index in [1.165, 1.54) is 5.56 Å². The van der Waals surface area contributed by atoms with E-state index in [-0.39, 0.29) is 5.92 Å². The molecule has 0 unspecified atom stereocenters. The highest BCUT2D eigenvalue weighted by molar-refractivity contribution is 7.07. The Hall–Kier alpha value is -0.910. The molecule has 2 fully saturated rings. The van der Waals surface area contributed by atoms with Gasteiger partial charge in [-0.3, -0.25) is 9.69 Å². The van der Waals surface area contributed by atoms with Crippen LogP contribution in [-0.4, -0.2) is 55.1 Å². The molecule has 1 aromatic heterocycles. The minimum absolute atomic E-state index is 0.0968. The number of carbonyl (C=O) groups excluding carboxylic acids is 1. The number of rotatable bonds is 3. The Kier molecular flexibility index (Phi) is 4.93. The van der Waals surface area contributed by atoms with E-state index in [1.807, 2.05) is 4.90 Å². The molecule has 2 aliphatic heterocycles. The van der Waals surface area contributed by atoms with Crippen LogP contribution in [0, 0.1) is 5.92 Å². The van der Waals surface area contributed by atoms with Crippen molar-refractivity contribution in [1.29, 1.82) is 0 Å². The number of carbonyl (C=O) groups is 1. The Morgan fingerprint density at radius 2 is 2.19 bits per heavy atom. The standard InChI is InChI=1S/C16H24N2O2S/c1-13(15-4-10-21-12-15)17-5-7-18(8-6-17)16(19)14-3-2-9-20-11-14/h4,10,12-14H,2-3,5-9,11H2,1H3/t13-,14+/m1/s1. The van der Waals surface area contributed by atoms with Crippen molar-refractivity contribution in [3.8, 4) is 0 Å². The van der Waals surface area contributed by atoms with Crippen LogP contribution in [0.2, 0.25) is 0 Å². The summed E-state index contributed by atoms with van der Waals surface area (Å²) in [5.41, 5.74) is 1.39. The first-order chi connectivity index (χ1) is 10.3. The monoisotopic (exact) mass is 308 g/mol. The van der Waals surface area contributed by atoms with E-state index in [2.05, 4.69) is 28.7 Å². The van der Waals surface area contributed by atoms with Crippen molar-refractivity contribution in [2.45, 2.75) is 25.8 Å². The molecule has 0 aliphatic carbocycles. The van der Waals surface area contributed by atoms with E-state index >= 15 is 0 Å². The topological polar surface area (TPSA) is 32.8 Å². The molecule has 3 heterocycles. The predicted octanol–water partition coefficient (Wildman–Crippen LogP) is 2.38. The van der Waals surface area contributed by atoms with E-state index in [0.29, 0.717) is 18.6 Å². The molecule has 21 heavy (non-hydrogen) atoms. The van der Waals surface area contributed by atoms with Gasteiger partial charge in [-0.1, -0.05) is 0 Å². The molecule has 0 radical (unpaired) electrons. The summed E-state index contributed by atoms with van der Waals surface area (Å²) in [5, 5.41) is 4.36. The van der Waals surface area contributed by atoms with E-state index in [0.717, 1.165) is 45.6 Å². The van der Waals surface area contributed by atoms with Crippen LogP contribution in [-0.2, 0) is 9.53 Å². The number of thiophene rings is 1. The summed E-state index contributed by atoms with van der Waals surface area (Å²) in [4.78, 5) is 17.0. The zero-order valence-corrected chi connectivity index (χ0v) is 13.5. The molecule has 1 amide bonds. The number of amides is 1. The summed E-state index contributed by atoms with van der Waals surface area (Å²) in [5.74, 6) is 0.400. The fourth-order valence-corrected chi connectivity index (χ4v) is 3.99. The number of nitrogens with zero attached hydrogens (tertiary/aromatic N) is 2. The molecule has 0 saturated carbocycles. The summed E-state index contributed by atoms with van der Waals surface area (Å²) in [7, 11) is 0. The highest BCUT2D eigenvalue weighted by atomic mass is 32.1. The van der Waals surface area contributed by atoms with Gasteiger partial charge in [-0.05, 0) is 42.2 Å². The molecular formula is C16H24N2O2S. The molecule has 5 heteroatoms. The van der Waals surface area contributed by atoms with Gasteiger partial charge in [-0.15, -0.1) is 0 Å². The third-order valence-corrected chi connectivity index (χ3v) is 5.41. The van der Waals surface area contributed by atoms with Crippen molar-refractivity contribution in [3.63, 3.8) is 0 Å². The van der Waals surface area contributed by atoms with Crippen LogP contribution in [0.25, 0.3) is 0 Å². The van der Waals surface area contributed by atoms with Crippen molar-refractivity contribution in [1.82, 2.24) is 9.80 Å². The van der Waals surface area contributed by atoms with Crippen molar-refractivity contribution in [2.24, 2.45) is 5.92 Å². The minimum atomic E-state index is 0.0968. The maximum atomic E-state index is 12.5. The van der Waals surface area contributed by atoms with Gasteiger partial charge in [0.2, 0.25) is 5.91 Å². The SMILES string of the molecule is C[C@H](c1ccsc1)N1CCN(C(=O)[C@H]2CCCOC2)CC1. The third-order valence-electron chi connectivity index (χ3n) is 4.71. The predicted molar refractivity (Wildman–Crippen MR) is 84.4 cm³/mol. The van der Waals surface area contributed by atoms with Crippen LogP contribution in [0.15, 0.2) is 16.8 Å². The average molecular weight is 308 g/mol. The van der Waals surface area contributed by atoms with Crippen LogP contribution >= 0.6 is 11.3 Å². The van der Waals surface area contributed by atoms with E-state index < -0.39 is 0 Å². The fourth-order valence-electron chi connectivity index (χ4n) is 3.25. The van der Waals surface area contributed by atoms with Gasteiger partial charge in [0.05, 0.1) is 12.5 Å². The molecule has 2 atom stereocenters. The number of piperazine rings is 1. The van der Waals surface area contributed by atoms with Gasteiger partial charge in [-0.2, -0.15) is 11.3 Å². The van der Waals surface area contributed by atoms with Gasteiger partial charge in [0.15, 0.2) is 0 Å². The molecule has 4 nitrogen and oxygen atoms in total. The lowest BCUT2D eigenvalue weighted by Gasteiger charge is -2.39. The maximum Gasteiger partial charge on any atom is 0.228 e. The Labute approximate surface area is 130 Å². The molecule has 1 aromatic rings. The van der Waals surface area contributed by atoms with Crippen LogP contribution < -0.4 is 0 Å². The molecule has 0 N–H and O–H groups in total. The minimum Gasteiger partial charge on any atom is -0.381 e. The number of ether oxygens (including phenoxy) is 1. The van der Waals surface area contributed by atoms with Crippen molar-refractivity contribution in [3.05, 3.63) is 22.4 Å². The fraction of sp³-hybridized carbons (Fsp3) is 0.688. The summed E-state index contributed by atoms with van der Waals surface area (Å²) in [6, 6.07) is 2.65. The van der Waals surface area contributed by atoms with E-state index in [4.69, 9.17) is 4.74 Å². The second kappa shape index (κ2) is 6.90. The highest BCUT2D eigenvalue weighted by Crippen LogP contribution is 2.24. The van der Waals surface area contributed by atoms with Gasteiger partial charge in [0, 0.05) is 38.8 Å². The summed E-state index contributed by atoms with van der Waals surface area (Å²) < 4.78 is 5.45. The summed E-state index contributed by atoms with van der Waals surface area (Å²) in [6.45, 7) is 7.33. The molecule has 116 valence electrons. The number of hydrogen-bond acceptors (Lipinski definition) is 4. The van der Waals surface area contributed by atoms with Gasteiger partial charge >= 0.3 is 0 Å². The second-order valence-corrected chi connectivity index (χ2v) is 6.79. The summed E-state index contributed by atoms with van der Waals surface area (Å²) in [6.07, 6.45) is 2.01. The zero-order valence-electron chi connectivity index (χ0n) is 12.7. The molecule has 0 aromatic carbocycles. The maximum absolute atomic E-state index is 12.5. The molecule has 0 bridgehead atoms. The lowest BCUT2D eigenvalue weighted by Crippen LogP contribution is -2.51. The van der Waals surface area contributed by atoms with E-state index in [9.17, 15) is 4.79 Å². The normalized spacial score (nSPS) is 25.8. The van der Waals surface area contributed by atoms with Gasteiger partial charge in [0.25, 0.3) is 0 Å². The average Bonchev–Trinajstić information content (AvgIpc) is 3.09. The lowest BCUT2D eigenvalue weighted by atomic mass is 10.00. The smallest absolute Gasteiger partial charge is 0.228 e. The molecule has 2 aliphatic rings. The third kappa shape index (κ3) is 3.47. The Bertz CT molecular complexity index is 449. The van der Waals surface area contributed by atoms with Crippen LogP contribution in [0.5, 0.6) is 0 Å². The highest BCUT2D eigenvalue weighted by Gasteiger charge is 2.30. The van der Waals surface area contributed by atoms with E-state index in [1.54, 1.807) is 11.3 Å². The summed E-state index contributed by atoms with van der Waals surface area (Å²) >= 11 is 1.75. The number of hydrogen-bond donors (Lipinski definition) is 0. The zero-order chi connectivity index (χ0) is 14.7. The Morgan fingerprint density at radius 1 is 1.38 bits per heavy atom. The van der Waals surface area contributed by atoms with Crippen LogP contribution in [0.3, 0.4) is 0 Å². The lowest BCUT2D eigenvalue weighted by molar-refractivity contribution is -0.141. The van der Waals surface area contributed by atoms with Crippen molar-refractivity contribution < 1.29 is 9.53 Å². The van der Waals surface area contributed by atoms with Crippen LogP contribution in [0.1, 0.15) is 31.4 Å². The quantitative estimate of drug-likeness (QED) is 0.859. The first-order valence-corrected chi connectivity index (χ1v) is 8.82. The first kappa shape index (κ1) is 15.0. The van der Waals surface area contributed by atoms with Gasteiger partial charge < -0.3 is 9.64 Å².